The van der Waals surface area contributed by atoms with E-state index in [-0.39, 0.29) is 23.3 Å². The van der Waals surface area contributed by atoms with Crippen LogP contribution in [0.5, 0.6) is 0 Å². The number of anilines is 2. The third-order valence-corrected chi connectivity index (χ3v) is 3.49. The summed E-state index contributed by atoms with van der Waals surface area (Å²) in [6.07, 6.45) is 0.741. The van der Waals surface area contributed by atoms with Gasteiger partial charge in [0.15, 0.2) is 0 Å². The summed E-state index contributed by atoms with van der Waals surface area (Å²) in [6, 6.07) is 1.83. The molecular formula is C13H15BrN2O3. The average Bonchev–Trinajstić information content (AvgIpc) is 2.30. The van der Waals surface area contributed by atoms with E-state index in [0.717, 1.165) is 5.56 Å². The number of hydrogen-bond donors (Lipinski definition) is 2. The van der Waals surface area contributed by atoms with E-state index < -0.39 is 5.97 Å². The molecule has 1 aliphatic rings. The van der Waals surface area contributed by atoms with Crippen LogP contribution in [0.25, 0.3) is 0 Å². The Morgan fingerprint density at radius 3 is 2.79 bits per heavy atom. The molecule has 1 aromatic rings. The smallest absolute Gasteiger partial charge is 0.342 e. The van der Waals surface area contributed by atoms with Crippen molar-refractivity contribution in [2.75, 3.05) is 11.1 Å². The van der Waals surface area contributed by atoms with Crippen molar-refractivity contribution in [2.45, 2.75) is 32.8 Å². The number of hydrogen-bond acceptors (Lipinski definition) is 4. The lowest BCUT2D eigenvalue weighted by Gasteiger charge is -2.22. The second-order valence-electron chi connectivity index (χ2n) is 4.68. The van der Waals surface area contributed by atoms with Crippen molar-refractivity contribution in [2.24, 2.45) is 0 Å². The normalized spacial score (nSPS) is 14.0. The highest BCUT2D eigenvalue weighted by Crippen LogP contribution is 2.36. The van der Waals surface area contributed by atoms with Gasteiger partial charge in [0.05, 0.1) is 17.5 Å². The lowest BCUT2D eigenvalue weighted by molar-refractivity contribution is -0.116. The Bertz CT molecular complexity index is 555. The van der Waals surface area contributed by atoms with Crippen LogP contribution in [0.15, 0.2) is 10.5 Å². The number of nitrogens with two attached hydrogens (primary N) is 1. The Morgan fingerprint density at radius 1 is 1.47 bits per heavy atom. The molecule has 0 bridgehead atoms. The molecular weight excluding hydrogens is 312 g/mol. The number of aryl methyl sites for hydroxylation is 1. The molecule has 0 radical (unpaired) electrons. The second kappa shape index (κ2) is 5.21. The highest BCUT2D eigenvalue weighted by Gasteiger charge is 2.26. The largest absolute Gasteiger partial charge is 0.459 e. The summed E-state index contributed by atoms with van der Waals surface area (Å²) >= 11 is 3.33. The molecule has 1 aliphatic heterocycles. The first-order valence-corrected chi connectivity index (χ1v) is 6.81. The van der Waals surface area contributed by atoms with Gasteiger partial charge in [-0.25, -0.2) is 4.79 Å². The van der Waals surface area contributed by atoms with Gasteiger partial charge in [0, 0.05) is 10.9 Å². The highest BCUT2D eigenvalue weighted by molar-refractivity contribution is 9.10. The number of nitrogens with one attached hydrogen (secondary N) is 1. The van der Waals surface area contributed by atoms with Gasteiger partial charge in [-0.2, -0.15) is 0 Å². The first-order valence-electron chi connectivity index (χ1n) is 6.01. The summed E-state index contributed by atoms with van der Waals surface area (Å²) in [6.45, 7) is 3.52. The van der Waals surface area contributed by atoms with Crippen LogP contribution in [-0.4, -0.2) is 18.0 Å². The van der Waals surface area contributed by atoms with E-state index >= 15 is 0 Å². The van der Waals surface area contributed by atoms with Crippen molar-refractivity contribution in [3.8, 4) is 0 Å². The maximum absolute atomic E-state index is 12.1. The molecule has 2 rings (SSSR count). The van der Waals surface area contributed by atoms with Gasteiger partial charge >= 0.3 is 5.97 Å². The number of halogens is 1. The minimum Gasteiger partial charge on any atom is -0.459 e. The predicted molar refractivity (Wildman–Crippen MR) is 76.1 cm³/mol. The summed E-state index contributed by atoms with van der Waals surface area (Å²) in [5.74, 6) is -0.639. The summed E-state index contributed by atoms with van der Waals surface area (Å²) in [5.41, 5.74) is 7.80. The van der Waals surface area contributed by atoms with E-state index in [4.69, 9.17) is 10.5 Å². The molecule has 1 amide bonds. The number of nitrogen functional groups attached to an aromatic ring is 1. The van der Waals surface area contributed by atoms with E-state index in [1.165, 1.54) is 0 Å². The number of benzene rings is 1. The Morgan fingerprint density at radius 2 is 2.16 bits per heavy atom. The minimum absolute atomic E-state index is 0.118. The van der Waals surface area contributed by atoms with Crippen LogP contribution in [-0.2, 0) is 16.0 Å². The van der Waals surface area contributed by atoms with Crippen molar-refractivity contribution in [3.05, 3.63) is 21.7 Å². The van der Waals surface area contributed by atoms with Gasteiger partial charge < -0.3 is 15.8 Å². The van der Waals surface area contributed by atoms with Crippen molar-refractivity contribution >= 4 is 39.2 Å². The molecule has 6 heteroatoms. The van der Waals surface area contributed by atoms with Crippen LogP contribution >= 0.6 is 15.9 Å². The van der Waals surface area contributed by atoms with Crippen LogP contribution in [0.1, 0.15) is 36.2 Å². The monoisotopic (exact) mass is 326 g/mol. The summed E-state index contributed by atoms with van der Waals surface area (Å²) in [4.78, 5) is 23.6. The number of carbonyl (C=O) groups excluding carboxylic acids is 2. The Hall–Kier alpha value is -1.56. The molecule has 0 atom stereocenters. The average molecular weight is 327 g/mol. The highest BCUT2D eigenvalue weighted by atomic mass is 79.9. The Kier molecular flexibility index (Phi) is 3.80. The summed E-state index contributed by atoms with van der Waals surface area (Å²) in [7, 11) is 0. The molecule has 0 aromatic heterocycles. The van der Waals surface area contributed by atoms with E-state index in [0.29, 0.717) is 23.0 Å². The van der Waals surface area contributed by atoms with Crippen molar-refractivity contribution in [3.63, 3.8) is 0 Å². The molecule has 0 saturated carbocycles. The van der Waals surface area contributed by atoms with Crippen molar-refractivity contribution in [1.82, 2.24) is 0 Å². The maximum Gasteiger partial charge on any atom is 0.342 e. The topological polar surface area (TPSA) is 81.4 Å². The van der Waals surface area contributed by atoms with Crippen LogP contribution in [0, 0.1) is 0 Å². The van der Waals surface area contributed by atoms with Crippen LogP contribution < -0.4 is 11.1 Å². The van der Waals surface area contributed by atoms with Gasteiger partial charge in [-0.1, -0.05) is 0 Å². The summed E-state index contributed by atoms with van der Waals surface area (Å²) in [5, 5.41) is 2.71. The van der Waals surface area contributed by atoms with E-state index in [1.54, 1.807) is 13.8 Å². The number of carbonyl (C=O) groups is 2. The SMILES string of the molecule is CC(C)OC(=O)c1c(N)c(Br)cc2c1NC(=O)CC2. The van der Waals surface area contributed by atoms with E-state index in [9.17, 15) is 9.59 Å². The van der Waals surface area contributed by atoms with Gasteiger partial charge in [0.1, 0.15) is 5.56 Å². The fourth-order valence-corrected chi connectivity index (χ4v) is 2.47. The Labute approximate surface area is 119 Å². The van der Waals surface area contributed by atoms with Crippen LogP contribution in [0.2, 0.25) is 0 Å². The fraction of sp³-hybridized carbons (Fsp3) is 0.385. The molecule has 0 unspecified atom stereocenters. The molecule has 0 aliphatic carbocycles. The molecule has 0 saturated heterocycles. The number of fused-ring (bicyclic) bond motifs is 1. The predicted octanol–water partition coefficient (Wildman–Crippen LogP) is 2.48. The van der Waals surface area contributed by atoms with Crippen LogP contribution in [0.3, 0.4) is 0 Å². The third-order valence-electron chi connectivity index (χ3n) is 2.83. The number of ether oxygens (including phenoxy) is 1. The first-order chi connectivity index (χ1) is 8.90. The van der Waals surface area contributed by atoms with Crippen LogP contribution in [0.4, 0.5) is 11.4 Å². The van der Waals surface area contributed by atoms with E-state index in [1.807, 2.05) is 6.07 Å². The van der Waals surface area contributed by atoms with Crippen molar-refractivity contribution in [1.29, 1.82) is 0 Å². The molecule has 0 spiro atoms. The zero-order valence-corrected chi connectivity index (χ0v) is 12.3. The quantitative estimate of drug-likeness (QED) is 0.646. The number of rotatable bonds is 2. The Balaban J connectivity index is 2.54. The molecule has 19 heavy (non-hydrogen) atoms. The zero-order valence-electron chi connectivity index (χ0n) is 10.7. The molecule has 1 heterocycles. The molecule has 0 fully saturated rings. The molecule has 5 nitrogen and oxygen atoms in total. The lowest BCUT2D eigenvalue weighted by atomic mass is 9.97. The maximum atomic E-state index is 12.1. The zero-order chi connectivity index (χ0) is 14.2. The molecule has 102 valence electrons. The van der Waals surface area contributed by atoms with Gasteiger partial charge in [-0.05, 0) is 47.8 Å². The van der Waals surface area contributed by atoms with Gasteiger partial charge in [0.2, 0.25) is 5.91 Å². The van der Waals surface area contributed by atoms with Gasteiger partial charge in [0.25, 0.3) is 0 Å². The lowest BCUT2D eigenvalue weighted by Crippen LogP contribution is -2.24. The molecule has 3 N–H and O–H groups in total. The fourth-order valence-electron chi connectivity index (χ4n) is 1.99. The molecule has 1 aromatic carbocycles. The number of amides is 1. The van der Waals surface area contributed by atoms with Crippen molar-refractivity contribution < 1.29 is 14.3 Å². The van der Waals surface area contributed by atoms with Gasteiger partial charge in [-0.15, -0.1) is 0 Å². The summed E-state index contributed by atoms with van der Waals surface area (Å²) < 4.78 is 5.82. The third kappa shape index (κ3) is 2.73. The first kappa shape index (κ1) is 13.9. The van der Waals surface area contributed by atoms with Gasteiger partial charge in [-0.3, -0.25) is 4.79 Å². The van der Waals surface area contributed by atoms with E-state index in [2.05, 4.69) is 21.2 Å². The standard InChI is InChI=1S/C13H15BrN2O3/c1-6(2)19-13(18)10-11(15)8(14)5-7-3-4-9(17)16-12(7)10/h5-6H,3-4,15H2,1-2H3,(H,16,17). The minimum atomic E-state index is -0.521. The number of esters is 1. The second-order valence-corrected chi connectivity index (χ2v) is 5.54.